The van der Waals surface area contributed by atoms with E-state index in [1.165, 1.54) is 18.3 Å². The standard InChI is InChI=1S/C19H16ClN3O2S/c1-11-7-8-13(9-16(11)21-12(2)24)18(25)23-19-22-17(10-26-19)14-5-3-4-6-15(14)20/h3-10H,1-2H3,(H,21,24)(H,22,23,25). The van der Waals surface area contributed by atoms with Crippen molar-refractivity contribution in [3.63, 3.8) is 0 Å². The number of benzene rings is 2. The zero-order valence-corrected chi connectivity index (χ0v) is 15.7. The summed E-state index contributed by atoms with van der Waals surface area (Å²) in [4.78, 5) is 28.2. The largest absolute Gasteiger partial charge is 0.326 e. The van der Waals surface area contributed by atoms with Gasteiger partial charge in [-0.05, 0) is 30.7 Å². The van der Waals surface area contributed by atoms with E-state index in [2.05, 4.69) is 15.6 Å². The Morgan fingerprint density at radius 2 is 1.88 bits per heavy atom. The molecule has 0 aliphatic rings. The number of aromatic nitrogens is 1. The zero-order valence-electron chi connectivity index (χ0n) is 14.2. The Morgan fingerprint density at radius 1 is 1.12 bits per heavy atom. The minimum absolute atomic E-state index is 0.185. The summed E-state index contributed by atoms with van der Waals surface area (Å²) >= 11 is 7.51. The van der Waals surface area contributed by atoms with E-state index >= 15 is 0 Å². The maximum Gasteiger partial charge on any atom is 0.257 e. The highest BCUT2D eigenvalue weighted by Gasteiger charge is 2.13. The number of hydrogen-bond donors (Lipinski definition) is 2. The monoisotopic (exact) mass is 385 g/mol. The second-order valence-electron chi connectivity index (χ2n) is 5.68. The van der Waals surface area contributed by atoms with Crippen LogP contribution in [0.2, 0.25) is 5.02 Å². The van der Waals surface area contributed by atoms with Crippen LogP contribution >= 0.6 is 22.9 Å². The normalized spacial score (nSPS) is 10.4. The van der Waals surface area contributed by atoms with Crippen molar-refractivity contribution in [3.05, 3.63) is 64.0 Å². The Balaban J connectivity index is 1.79. The summed E-state index contributed by atoms with van der Waals surface area (Å²) in [5.74, 6) is -0.480. The lowest BCUT2D eigenvalue weighted by atomic mass is 10.1. The molecule has 0 fully saturated rings. The summed E-state index contributed by atoms with van der Waals surface area (Å²) in [6.45, 7) is 3.29. The number of carbonyl (C=O) groups is 2. The van der Waals surface area contributed by atoms with Gasteiger partial charge in [0.05, 0.1) is 5.69 Å². The molecule has 0 aliphatic carbocycles. The lowest BCUT2D eigenvalue weighted by molar-refractivity contribution is -0.114. The highest BCUT2D eigenvalue weighted by atomic mass is 35.5. The molecule has 1 heterocycles. The van der Waals surface area contributed by atoms with Crippen molar-refractivity contribution in [1.82, 2.24) is 4.98 Å². The summed E-state index contributed by atoms with van der Waals surface area (Å²) < 4.78 is 0. The first-order valence-electron chi connectivity index (χ1n) is 7.84. The van der Waals surface area contributed by atoms with E-state index in [0.29, 0.717) is 27.1 Å². The van der Waals surface area contributed by atoms with Gasteiger partial charge in [0, 0.05) is 34.1 Å². The second-order valence-corrected chi connectivity index (χ2v) is 6.95. The molecule has 0 unspecified atom stereocenters. The van der Waals surface area contributed by atoms with Crippen molar-refractivity contribution < 1.29 is 9.59 Å². The van der Waals surface area contributed by atoms with E-state index in [0.717, 1.165) is 11.1 Å². The number of rotatable bonds is 4. The summed E-state index contributed by atoms with van der Waals surface area (Å²) in [6, 6.07) is 12.6. The van der Waals surface area contributed by atoms with Gasteiger partial charge < -0.3 is 5.32 Å². The van der Waals surface area contributed by atoms with Crippen LogP contribution in [0.4, 0.5) is 10.8 Å². The van der Waals surface area contributed by atoms with Crippen molar-refractivity contribution in [3.8, 4) is 11.3 Å². The Morgan fingerprint density at radius 3 is 2.62 bits per heavy atom. The van der Waals surface area contributed by atoms with Gasteiger partial charge in [-0.1, -0.05) is 35.9 Å². The fourth-order valence-electron chi connectivity index (χ4n) is 2.38. The lowest BCUT2D eigenvalue weighted by Gasteiger charge is -2.09. The van der Waals surface area contributed by atoms with Gasteiger partial charge in [0.2, 0.25) is 5.91 Å². The van der Waals surface area contributed by atoms with E-state index in [1.54, 1.807) is 24.3 Å². The average Bonchev–Trinajstić information content (AvgIpc) is 3.05. The first-order chi connectivity index (χ1) is 12.4. The molecular formula is C19H16ClN3O2S. The van der Waals surface area contributed by atoms with Crippen LogP contribution < -0.4 is 10.6 Å². The van der Waals surface area contributed by atoms with Crippen molar-refractivity contribution in [2.45, 2.75) is 13.8 Å². The van der Waals surface area contributed by atoms with Crippen molar-refractivity contribution >= 4 is 45.6 Å². The highest BCUT2D eigenvalue weighted by molar-refractivity contribution is 7.14. The van der Waals surface area contributed by atoms with Crippen LogP contribution in [0, 0.1) is 6.92 Å². The smallest absolute Gasteiger partial charge is 0.257 e. The molecule has 26 heavy (non-hydrogen) atoms. The highest BCUT2D eigenvalue weighted by Crippen LogP contribution is 2.30. The summed E-state index contributed by atoms with van der Waals surface area (Å²) in [5.41, 5.74) is 3.45. The maximum absolute atomic E-state index is 12.5. The van der Waals surface area contributed by atoms with Crippen LogP contribution in [-0.4, -0.2) is 16.8 Å². The molecule has 0 radical (unpaired) electrons. The molecule has 2 amide bonds. The van der Waals surface area contributed by atoms with Crippen LogP contribution in [0.5, 0.6) is 0 Å². The van der Waals surface area contributed by atoms with E-state index in [4.69, 9.17) is 11.6 Å². The predicted molar refractivity (Wildman–Crippen MR) is 106 cm³/mol. The molecule has 5 nitrogen and oxygen atoms in total. The maximum atomic E-state index is 12.5. The fraction of sp³-hybridized carbons (Fsp3) is 0.105. The minimum Gasteiger partial charge on any atom is -0.326 e. The molecule has 0 atom stereocenters. The van der Waals surface area contributed by atoms with Crippen LogP contribution in [0.3, 0.4) is 0 Å². The number of carbonyl (C=O) groups excluding carboxylic acids is 2. The number of hydrogen-bond acceptors (Lipinski definition) is 4. The van der Waals surface area contributed by atoms with Gasteiger partial charge in [-0.25, -0.2) is 4.98 Å². The molecule has 0 aliphatic heterocycles. The Hall–Kier alpha value is -2.70. The van der Waals surface area contributed by atoms with Gasteiger partial charge in [0.1, 0.15) is 0 Å². The summed E-state index contributed by atoms with van der Waals surface area (Å²) in [6.07, 6.45) is 0. The van der Waals surface area contributed by atoms with Gasteiger partial charge in [0.25, 0.3) is 5.91 Å². The number of amides is 2. The molecule has 7 heteroatoms. The topological polar surface area (TPSA) is 71.1 Å². The lowest BCUT2D eigenvalue weighted by Crippen LogP contribution is -2.13. The SMILES string of the molecule is CC(=O)Nc1cc(C(=O)Nc2nc(-c3ccccc3Cl)cs2)ccc1C. The fourth-order valence-corrected chi connectivity index (χ4v) is 3.32. The van der Waals surface area contributed by atoms with Crippen LogP contribution in [0.1, 0.15) is 22.8 Å². The van der Waals surface area contributed by atoms with Crippen LogP contribution in [0.25, 0.3) is 11.3 Å². The van der Waals surface area contributed by atoms with Crippen LogP contribution in [-0.2, 0) is 4.79 Å². The van der Waals surface area contributed by atoms with Gasteiger partial charge in [0.15, 0.2) is 5.13 Å². The Bertz CT molecular complexity index is 984. The van der Waals surface area contributed by atoms with Crippen molar-refractivity contribution in [2.75, 3.05) is 10.6 Å². The molecule has 2 aromatic carbocycles. The number of aryl methyl sites for hydroxylation is 1. The number of thiazole rings is 1. The Labute approximate surface area is 160 Å². The van der Waals surface area contributed by atoms with Crippen molar-refractivity contribution in [1.29, 1.82) is 0 Å². The molecule has 132 valence electrons. The molecule has 3 aromatic rings. The average molecular weight is 386 g/mol. The first-order valence-corrected chi connectivity index (χ1v) is 9.10. The molecule has 0 bridgehead atoms. The van der Waals surface area contributed by atoms with E-state index in [1.807, 2.05) is 30.5 Å². The number of nitrogens with one attached hydrogen (secondary N) is 2. The van der Waals surface area contributed by atoms with Gasteiger partial charge in [-0.2, -0.15) is 0 Å². The molecular weight excluding hydrogens is 370 g/mol. The van der Waals surface area contributed by atoms with E-state index in [9.17, 15) is 9.59 Å². The van der Waals surface area contributed by atoms with Gasteiger partial charge in [-0.3, -0.25) is 14.9 Å². The summed E-state index contributed by atoms with van der Waals surface area (Å²) in [7, 11) is 0. The number of anilines is 2. The predicted octanol–water partition coefficient (Wildman–Crippen LogP) is 4.98. The molecule has 0 saturated carbocycles. The van der Waals surface area contributed by atoms with E-state index in [-0.39, 0.29) is 11.8 Å². The third kappa shape index (κ3) is 4.09. The zero-order chi connectivity index (χ0) is 18.7. The third-order valence-electron chi connectivity index (χ3n) is 3.68. The number of halogens is 1. The second kappa shape index (κ2) is 7.68. The minimum atomic E-state index is -0.295. The van der Waals surface area contributed by atoms with Crippen molar-refractivity contribution in [2.24, 2.45) is 0 Å². The Kier molecular flexibility index (Phi) is 5.35. The van der Waals surface area contributed by atoms with Gasteiger partial charge >= 0.3 is 0 Å². The molecule has 2 N–H and O–H groups in total. The third-order valence-corrected chi connectivity index (χ3v) is 4.77. The molecule has 0 saturated heterocycles. The quantitative estimate of drug-likeness (QED) is 0.665. The first kappa shape index (κ1) is 18.1. The van der Waals surface area contributed by atoms with E-state index < -0.39 is 0 Å². The summed E-state index contributed by atoms with van der Waals surface area (Å²) in [5, 5.41) is 8.42. The molecule has 3 rings (SSSR count). The molecule has 1 aromatic heterocycles. The molecule has 0 spiro atoms. The van der Waals surface area contributed by atoms with Crippen LogP contribution in [0.15, 0.2) is 47.8 Å². The van der Waals surface area contributed by atoms with Gasteiger partial charge in [-0.15, -0.1) is 11.3 Å². The number of nitrogens with zero attached hydrogens (tertiary/aromatic N) is 1.